The van der Waals surface area contributed by atoms with Crippen molar-refractivity contribution in [2.75, 3.05) is 0 Å². The van der Waals surface area contributed by atoms with Gasteiger partial charge in [-0.15, -0.1) is 24.8 Å². The van der Waals surface area contributed by atoms with Crippen LogP contribution in [0.5, 0.6) is 0 Å². The van der Waals surface area contributed by atoms with Crippen molar-refractivity contribution in [1.29, 1.82) is 0 Å². The largest absolute Gasteiger partial charge is 0.339 e. The van der Waals surface area contributed by atoms with E-state index in [0.29, 0.717) is 18.3 Å². The number of aromatic nitrogens is 2. The molecule has 128 valence electrons. The lowest BCUT2D eigenvalue weighted by atomic mass is 9.74. The third-order valence-corrected chi connectivity index (χ3v) is 4.44. The summed E-state index contributed by atoms with van der Waals surface area (Å²) in [7, 11) is 0. The van der Waals surface area contributed by atoms with Crippen LogP contribution in [0.3, 0.4) is 0 Å². The van der Waals surface area contributed by atoms with Gasteiger partial charge in [-0.3, -0.25) is 0 Å². The van der Waals surface area contributed by atoms with Crippen LogP contribution in [-0.2, 0) is 6.54 Å². The second-order valence-corrected chi connectivity index (χ2v) is 6.16. The predicted octanol–water partition coefficient (Wildman–Crippen LogP) is 3.41. The van der Waals surface area contributed by atoms with Gasteiger partial charge in [0.05, 0.1) is 5.92 Å². The Labute approximate surface area is 149 Å². The molecule has 0 bridgehead atoms. The molecule has 0 aliphatic heterocycles. The zero-order valence-electron chi connectivity index (χ0n) is 13.2. The highest BCUT2D eigenvalue weighted by Crippen LogP contribution is 2.38. The average Bonchev–Trinajstić information content (AvgIpc) is 2.96. The molecule has 1 heterocycles. The summed E-state index contributed by atoms with van der Waals surface area (Å²) < 4.78 is 5.48. The van der Waals surface area contributed by atoms with Crippen molar-refractivity contribution in [3.8, 4) is 11.4 Å². The van der Waals surface area contributed by atoms with Crippen LogP contribution in [0.4, 0.5) is 0 Å². The number of benzene rings is 1. The molecule has 4 N–H and O–H groups in total. The minimum Gasteiger partial charge on any atom is -0.339 e. The Morgan fingerprint density at radius 2 is 1.91 bits per heavy atom. The first-order chi connectivity index (χ1) is 10.1. The van der Waals surface area contributed by atoms with E-state index >= 15 is 0 Å². The highest BCUT2D eigenvalue weighted by molar-refractivity contribution is 5.85. The van der Waals surface area contributed by atoms with E-state index in [1.807, 2.05) is 24.3 Å². The summed E-state index contributed by atoms with van der Waals surface area (Å²) in [4.78, 5) is 4.57. The van der Waals surface area contributed by atoms with Gasteiger partial charge in [0, 0.05) is 17.6 Å². The monoisotopic (exact) mass is 358 g/mol. The summed E-state index contributed by atoms with van der Waals surface area (Å²) in [5.41, 5.74) is 13.8. The molecule has 7 heteroatoms. The Hall–Kier alpha value is -1.14. The maximum Gasteiger partial charge on any atom is 0.231 e. The van der Waals surface area contributed by atoms with Crippen LogP contribution in [0.1, 0.15) is 50.0 Å². The van der Waals surface area contributed by atoms with Gasteiger partial charge < -0.3 is 16.0 Å². The molecule has 2 atom stereocenters. The van der Waals surface area contributed by atoms with Crippen molar-refractivity contribution in [2.45, 2.75) is 50.6 Å². The lowest BCUT2D eigenvalue weighted by Gasteiger charge is -2.35. The van der Waals surface area contributed by atoms with E-state index in [2.05, 4.69) is 17.1 Å². The quantitative estimate of drug-likeness (QED) is 0.876. The van der Waals surface area contributed by atoms with Gasteiger partial charge in [0.2, 0.25) is 11.7 Å². The number of rotatable bonds is 3. The van der Waals surface area contributed by atoms with E-state index in [-0.39, 0.29) is 36.3 Å². The summed E-state index contributed by atoms with van der Waals surface area (Å²) in [6, 6.07) is 7.91. The summed E-state index contributed by atoms with van der Waals surface area (Å²) in [6.45, 7) is 2.61. The van der Waals surface area contributed by atoms with Crippen molar-refractivity contribution in [1.82, 2.24) is 10.1 Å². The van der Waals surface area contributed by atoms with E-state index in [0.717, 1.165) is 24.0 Å². The molecule has 0 amide bonds. The maximum absolute atomic E-state index is 6.40. The summed E-state index contributed by atoms with van der Waals surface area (Å²) >= 11 is 0. The number of nitrogens with two attached hydrogens (primary N) is 2. The smallest absolute Gasteiger partial charge is 0.231 e. The van der Waals surface area contributed by atoms with Gasteiger partial charge in [0.25, 0.3) is 0 Å². The molecule has 1 aliphatic carbocycles. The Morgan fingerprint density at radius 3 is 2.52 bits per heavy atom. The van der Waals surface area contributed by atoms with Crippen molar-refractivity contribution in [3.05, 3.63) is 35.7 Å². The van der Waals surface area contributed by atoms with E-state index in [1.54, 1.807) is 0 Å². The first kappa shape index (κ1) is 19.9. The topological polar surface area (TPSA) is 91.0 Å². The van der Waals surface area contributed by atoms with Gasteiger partial charge in [-0.05, 0) is 25.3 Å². The normalized spacial score (nSPS) is 23.7. The Morgan fingerprint density at radius 1 is 1.22 bits per heavy atom. The van der Waals surface area contributed by atoms with Crippen LogP contribution < -0.4 is 11.5 Å². The van der Waals surface area contributed by atoms with Crippen molar-refractivity contribution in [3.63, 3.8) is 0 Å². The molecule has 1 aromatic heterocycles. The molecule has 2 unspecified atom stereocenters. The summed E-state index contributed by atoms with van der Waals surface area (Å²) in [5, 5.41) is 4.11. The van der Waals surface area contributed by atoms with Gasteiger partial charge in [0.1, 0.15) is 0 Å². The summed E-state index contributed by atoms with van der Waals surface area (Å²) in [5.74, 6) is 1.43. The minimum atomic E-state index is -0.258. The molecule has 5 nitrogen and oxygen atoms in total. The highest BCUT2D eigenvalue weighted by atomic mass is 35.5. The Balaban J connectivity index is 0.00000132. The van der Waals surface area contributed by atoms with Gasteiger partial charge in [-0.1, -0.05) is 42.3 Å². The zero-order chi connectivity index (χ0) is 14.9. The first-order valence-electron chi connectivity index (χ1n) is 7.52. The minimum absolute atomic E-state index is 0. The average molecular weight is 359 g/mol. The molecule has 1 saturated carbocycles. The van der Waals surface area contributed by atoms with E-state index in [4.69, 9.17) is 16.0 Å². The Bertz CT molecular complexity index is 613. The maximum atomic E-state index is 6.40. The molecular weight excluding hydrogens is 335 g/mol. The van der Waals surface area contributed by atoms with E-state index in [1.165, 1.54) is 12.8 Å². The third-order valence-electron chi connectivity index (χ3n) is 4.44. The fraction of sp³-hybridized carbons (Fsp3) is 0.500. The second kappa shape index (κ2) is 8.11. The number of halogens is 2. The molecule has 1 aromatic carbocycles. The van der Waals surface area contributed by atoms with Crippen LogP contribution in [0.15, 0.2) is 28.8 Å². The molecule has 1 fully saturated rings. The van der Waals surface area contributed by atoms with Crippen molar-refractivity contribution >= 4 is 24.8 Å². The third kappa shape index (κ3) is 4.23. The van der Waals surface area contributed by atoms with Gasteiger partial charge in [-0.2, -0.15) is 4.98 Å². The molecule has 23 heavy (non-hydrogen) atoms. The fourth-order valence-electron chi connectivity index (χ4n) is 3.05. The summed E-state index contributed by atoms with van der Waals surface area (Å²) in [6.07, 6.45) is 4.35. The van der Waals surface area contributed by atoms with Crippen molar-refractivity contribution < 1.29 is 4.52 Å². The van der Waals surface area contributed by atoms with Crippen LogP contribution in [0, 0.1) is 0 Å². The number of hydrogen-bond donors (Lipinski definition) is 2. The second-order valence-electron chi connectivity index (χ2n) is 6.16. The van der Waals surface area contributed by atoms with E-state index < -0.39 is 0 Å². The molecule has 0 saturated heterocycles. The predicted molar refractivity (Wildman–Crippen MR) is 95.9 cm³/mol. The van der Waals surface area contributed by atoms with Crippen LogP contribution in [0.25, 0.3) is 11.4 Å². The fourth-order valence-corrected chi connectivity index (χ4v) is 3.05. The molecule has 0 spiro atoms. The van der Waals surface area contributed by atoms with Gasteiger partial charge in [-0.25, -0.2) is 0 Å². The van der Waals surface area contributed by atoms with Gasteiger partial charge in [0.15, 0.2) is 0 Å². The number of hydrogen-bond acceptors (Lipinski definition) is 5. The molecular formula is C16H24Cl2N4O. The van der Waals surface area contributed by atoms with Crippen LogP contribution in [-0.4, -0.2) is 15.7 Å². The standard InChI is InChI=1S/C16H22N4O.2ClH/c1-16(18)9-3-2-4-13(16)15-19-14(20-21-15)12-7-5-11(10-17)6-8-12;;/h5-8,13H,2-4,9-10,17-18H2,1H3;2*1H. The lowest BCUT2D eigenvalue weighted by Crippen LogP contribution is -2.44. The molecule has 1 aliphatic rings. The van der Waals surface area contributed by atoms with Crippen LogP contribution in [0.2, 0.25) is 0 Å². The Kier molecular flexibility index (Phi) is 7.02. The first-order valence-corrected chi connectivity index (χ1v) is 7.52. The van der Waals surface area contributed by atoms with E-state index in [9.17, 15) is 0 Å². The molecule has 0 radical (unpaired) electrons. The van der Waals surface area contributed by atoms with Crippen molar-refractivity contribution in [2.24, 2.45) is 11.5 Å². The SMILES string of the molecule is CC1(N)CCCCC1c1nc(-c2ccc(CN)cc2)no1.Cl.Cl. The van der Waals surface area contributed by atoms with Gasteiger partial charge >= 0.3 is 0 Å². The molecule has 3 rings (SSSR count). The molecule has 2 aromatic rings. The highest BCUT2D eigenvalue weighted by Gasteiger charge is 2.37. The lowest BCUT2D eigenvalue weighted by molar-refractivity contribution is 0.223. The number of nitrogens with zero attached hydrogens (tertiary/aromatic N) is 2. The van der Waals surface area contributed by atoms with Crippen LogP contribution >= 0.6 is 24.8 Å². The zero-order valence-corrected chi connectivity index (χ0v) is 14.8.